The standard InChI is InChI=1S/C16H15F4NO/c1-4-14(21-8-10(2)3)16(19,20)15(9-22-15)12-6-5-11(17)7-13(12)18/h4-8H,1,9H2,2-3H3. The predicted octanol–water partition coefficient (Wildman–Crippen LogP) is 4.38. The van der Waals surface area contributed by atoms with Crippen LogP contribution in [0, 0.1) is 11.6 Å². The normalized spacial score (nSPS) is 21.5. The van der Waals surface area contributed by atoms with E-state index in [1.807, 2.05) is 0 Å². The molecular formula is C16H15F4NO. The smallest absolute Gasteiger partial charge is 0.324 e. The third-order valence-electron chi connectivity index (χ3n) is 3.28. The zero-order chi connectivity index (χ0) is 16.5. The first kappa shape index (κ1) is 16.4. The van der Waals surface area contributed by atoms with Gasteiger partial charge < -0.3 is 4.74 Å². The van der Waals surface area contributed by atoms with E-state index in [1.54, 1.807) is 13.8 Å². The maximum Gasteiger partial charge on any atom is 0.324 e. The average Bonchev–Trinajstić information content (AvgIpc) is 3.20. The van der Waals surface area contributed by atoms with Gasteiger partial charge in [-0.2, -0.15) is 8.78 Å². The quantitative estimate of drug-likeness (QED) is 0.450. The maximum absolute atomic E-state index is 14.7. The summed E-state index contributed by atoms with van der Waals surface area (Å²) in [4.78, 5) is 3.70. The van der Waals surface area contributed by atoms with Gasteiger partial charge in [-0.1, -0.05) is 12.2 Å². The van der Waals surface area contributed by atoms with E-state index in [0.29, 0.717) is 11.6 Å². The van der Waals surface area contributed by atoms with E-state index in [0.717, 1.165) is 18.2 Å². The molecule has 0 aliphatic carbocycles. The molecule has 1 atom stereocenters. The van der Waals surface area contributed by atoms with E-state index in [4.69, 9.17) is 4.74 Å². The van der Waals surface area contributed by atoms with Gasteiger partial charge in [0.15, 0.2) is 5.60 Å². The van der Waals surface area contributed by atoms with Gasteiger partial charge in [0.05, 0.1) is 6.61 Å². The lowest BCUT2D eigenvalue weighted by molar-refractivity contribution is -0.0144. The number of hydrogen-bond donors (Lipinski definition) is 0. The molecule has 1 saturated heterocycles. The fourth-order valence-corrected chi connectivity index (χ4v) is 2.06. The highest BCUT2D eigenvalue weighted by atomic mass is 19.3. The van der Waals surface area contributed by atoms with Crippen LogP contribution in [0.3, 0.4) is 0 Å². The number of benzene rings is 1. The van der Waals surface area contributed by atoms with E-state index >= 15 is 0 Å². The molecule has 118 valence electrons. The molecular weight excluding hydrogens is 298 g/mol. The Labute approximate surface area is 125 Å². The molecule has 1 fully saturated rings. The Balaban J connectivity index is 2.49. The van der Waals surface area contributed by atoms with Crippen LogP contribution < -0.4 is 0 Å². The second kappa shape index (κ2) is 5.68. The molecule has 0 saturated carbocycles. The first-order chi connectivity index (χ1) is 10.2. The Morgan fingerprint density at radius 1 is 1.36 bits per heavy atom. The largest absolute Gasteiger partial charge is 0.357 e. The lowest BCUT2D eigenvalue weighted by Crippen LogP contribution is -2.42. The highest BCUT2D eigenvalue weighted by Gasteiger charge is 2.68. The van der Waals surface area contributed by atoms with Crippen molar-refractivity contribution in [3.05, 3.63) is 59.8 Å². The van der Waals surface area contributed by atoms with Crippen LogP contribution in [0.4, 0.5) is 17.6 Å². The zero-order valence-electron chi connectivity index (χ0n) is 12.2. The van der Waals surface area contributed by atoms with Crippen LogP contribution in [0.1, 0.15) is 19.4 Å². The fourth-order valence-electron chi connectivity index (χ4n) is 2.06. The van der Waals surface area contributed by atoms with E-state index in [9.17, 15) is 17.6 Å². The number of nitrogens with zero attached hydrogens (tertiary/aromatic N) is 1. The summed E-state index contributed by atoms with van der Waals surface area (Å²) in [6.07, 6.45) is 2.17. The summed E-state index contributed by atoms with van der Waals surface area (Å²) in [6, 6.07) is 2.43. The minimum absolute atomic E-state index is 0.385. The second-order valence-corrected chi connectivity index (χ2v) is 5.24. The molecule has 0 N–H and O–H groups in total. The Morgan fingerprint density at radius 2 is 2.00 bits per heavy atom. The third kappa shape index (κ3) is 2.70. The number of allylic oxidation sites excluding steroid dienone is 2. The summed E-state index contributed by atoms with van der Waals surface area (Å²) >= 11 is 0. The Hall–Kier alpha value is -1.95. The molecule has 1 unspecified atom stereocenters. The fraction of sp³-hybridized carbons (Fsp3) is 0.312. The molecule has 0 aromatic heterocycles. The number of alkyl halides is 2. The van der Waals surface area contributed by atoms with E-state index in [-0.39, 0.29) is 6.61 Å². The zero-order valence-corrected chi connectivity index (χ0v) is 12.2. The Bertz CT molecular complexity index is 656. The number of hydrogen-bond acceptors (Lipinski definition) is 2. The summed E-state index contributed by atoms with van der Waals surface area (Å²) in [7, 11) is 0. The summed E-state index contributed by atoms with van der Waals surface area (Å²) in [5.74, 6) is -5.52. The van der Waals surface area contributed by atoms with Crippen molar-refractivity contribution in [1.82, 2.24) is 0 Å². The lowest BCUT2D eigenvalue weighted by Gasteiger charge is -2.24. The lowest BCUT2D eigenvalue weighted by atomic mass is 9.89. The SMILES string of the molecule is C=CC(=NC=C(C)C)C(F)(F)C1(c2ccc(F)cc2F)CO1. The van der Waals surface area contributed by atoms with Crippen molar-refractivity contribution >= 4 is 5.71 Å². The van der Waals surface area contributed by atoms with Crippen molar-refractivity contribution in [2.75, 3.05) is 6.61 Å². The second-order valence-electron chi connectivity index (χ2n) is 5.24. The molecule has 1 aliphatic rings. The first-order valence-corrected chi connectivity index (χ1v) is 6.56. The number of halogens is 4. The van der Waals surface area contributed by atoms with Gasteiger partial charge in [-0.15, -0.1) is 0 Å². The monoisotopic (exact) mass is 313 g/mol. The summed E-state index contributed by atoms with van der Waals surface area (Å²) < 4.78 is 61.2. The van der Waals surface area contributed by atoms with Crippen LogP contribution in [-0.4, -0.2) is 18.2 Å². The number of ether oxygens (including phenoxy) is 1. The van der Waals surface area contributed by atoms with Crippen molar-refractivity contribution in [2.45, 2.75) is 25.4 Å². The molecule has 1 heterocycles. The summed E-state index contributed by atoms with van der Waals surface area (Å²) in [5.41, 5.74) is -2.48. The van der Waals surface area contributed by atoms with Crippen molar-refractivity contribution in [3.8, 4) is 0 Å². The minimum Gasteiger partial charge on any atom is -0.357 e. The number of epoxide rings is 1. The van der Waals surface area contributed by atoms with Gasteiger partial charge in [0, 0.05) is 17.8 Å². The van der Waals surface area contributed by atoms with Crippen molar-refractivity contribution in [1.29, 1.82) is 0 Å². The van der Waals surface area contributed by atoms with Gasteiger partial charge >= 0.3 is 5.92 Å². The van der Waals surface area contributed by atoms with Crippen LogP contribution in [0.5, 0.6) is 0 Å². The van der Waals surface area contributed by atoms with Crippen LogP contribution in [-0.2, 0) is 10.3 Å². The van der Waals surface area contributed by atoms with Gasteiger partial charge in [0.2, 0.25) is 0 Å². The molecule has 6 heteroatoms. The van der Waals surface area contributed by atoms with Crippen molar-refractivity contribution < 1.29 is 22.3 Å². The van der Waals surface area contributed by atoms with Crippen LogP contribution in [0.15, 0.2) is 47.6 Å². The predicted molar refractivity (Wildman–Crippen MR) is 76.0 cm³/mol. The topological polar surface area (TPSA) is 24.9 Å². The van der Waals surface area contributed by atoms with Gasteiger partial charge in [0.25, 0.3) is 0 Å². The Kier molecular flexibility index (Phi) is 4.24. The van der Waals surface area contributed by atoms with Gasteiger partial charge in [-0.05, 0) is 32.1 Å². The first-order valence-electron chi connectivity index (χ1n) is 6.56. The number of rotatable bonds is 5. The number of aliphatic imine (C=N–C) groups is 1. The Morgan fingerprint density at radius 3 is 2.45 bits per heavy atom. The molecule has 0 amide bonds. The van der Waals surface area contributed by atoms with Crippen molar-refractivity contribution in [2.24, 2.45) is 4.99 Å². The molecule has 0 radical (unpaired) electrons. The van der Waals surface area contributed by atoms with Crippen LogP contribution in [0.2, 0.25) is 0 Å². The van der Waals surface area contributed by atoms with Crippen molar-refractivity contribution in [3.63, 3.8) is 0 Å². The minimum atomic E-state index is -3.60. The van der Waals surface area contributed by atoms with Gasteiger partial charge in [-0.25, -0.2) is 8.78 Å². The highest BCUT2D eigenvalue weighted by molar-refractivity contribution is 6.02. The molecule has 2 nitrogen and oxygen atoms in total. The summed E-state index contributed by atoms with van der Waals surface area (Å²) in [5, 5.41) is 0. The van der Waals surface area contributed by atoms with Gasteiger partial charge in [-0.3, -0.25) is 4.99 Å². The maximum atomic E-state index is 14.7. The average molecular weight is 313 g/mol. The summed E-state index contributed by atoms with van der Waals surface area (Å²) in [6.45, 7) is 6.34. The van der Waals surface area contributed by atoms with E-state index in [1.165, 1.54) is 6.20 Å². The van der Waals surface area contributed by atoms with E-state index in [2.05, 4.69) is 11.6 Å². The van der Waals surface area contributed by atoms with Crippen LogP contribution in [0.25, 0.3) is 0 Å². The molecule has 0 bridgehead atoms. The van der Waals surface area contributed by atoms with E-state index < -0.39 is 34.4 Å². The molecule has 22 heavy (non-hydrogen) atoms. The molecule has 0 spiro atoms. The highest BCUT2D eigenvalue weighted by Crippen LogP contribution is 2.52. The molecule has 1 aromatic rings. The van der Waals surface area contributed by atoms with Gasteiger partial charge in [0.1, 0.15) is 17.3 Å². The molecule has 2 rings (SSSR count). The molecule has 1 aliphatic heterocycles. The molecule has 1 aromatic carbocycles. The third-order valence-corrected chi connectivity index (χ3v) is 3.28. The van der Waals surface area contributed by atoms with Crippen LogP contribution >= 0.6 is 0 Å².